The number of rotatable bonds is 8. The van der Waals surface area contributed by atoms with Gasteiger partial charge in [0.15, 0.2) is 0 Å². The Bertz CT molecular complexity index is 989. The summed E-state index contributed by atoms with van der Waals surface area (Å²) < 4.78 is 0. The molecule has 7 heteroatoms. The van der Waals surface area contributed by atoms with Crippen molar-refractivity contribution in [2.75, 3.05) is 45.2 Å². The van der Waals surface area contributed by atoms with E-state index in [4.69, 9.17) is 0 Å². The second-order valence-electron chi connectivity index (χ2n) is 9.16. The molecule has 1 aliphatic heterocycles. The second-order valence-corrected chi connectivity index (χ2v) is 9.16. The fourth-order valence-corrected chi connectivity index (χ4v) is 4.29. The van der Waals surface area contributed by atoms with Crippen LogP contribution in [-0.4, -0.2) is 72.0 Å². The molecule has 1 amide bonds. The quantitative estimate of drug-likeness (QED) is 0.646. The highest BCUT2D eigenvalue weighted by molar-refractivity contribution is 5.87. The van der Waals surface area contributed by atoms with Crippen LogP contribution in [0, 0.1) is 5.92 Å². The van der Waals surface area contributed by atoms with Crippen molar-refractivity contribution in [1.82, 2.24) is 19.8 Å². The molecule has 2 aromatic rings. The summed E-state index contributed by atoms with van der Waals surface area (Å²) in [7, 11) is 3.97. The molecule has 1 N–H and O–H groups in total. The monoisotopic (exact) mass is 435 g/mol. The summed E-state index contributed by atoms with van der Waals surface area (Å²) >= 11 is 0. The maximum absolute atomic E-state index is 12.8. The van der Waals surface area contributed by atoms with E-state index >= 15 is 0 Å². The maximum atomic E-state index is 12.8. The Kier molecular flexibility index (Phi) is 7.05. The molecule has 7 nitrogen and oxygen atoms in total. The van der Waals surface area contributed by atoms with Crippen molar-refractivity contribution in [2.45, 2.75) is 31.7 Å². The summed E-state index contributed by atoms with van der Waals surface area (Å²) in [5.41, 5.74) is 2.71. The van der Waals surface area contributed by atoms with Gasteiger partial charge in [0.05, 0.1) is 0 Å². The van der Waals surface area contributed by atoms with Gasteiger partial charge < -0.3 is 19.7 Å². The molecule has 2 aliphatic rings. The molecule has 0 atom stereocenters. The van der Waals surface area contributed by atoms with Crippen molar-refractivity contribution in [2.24, 2.45) is 5.92 Å². The Morgan fingerprint density at radius 1 is 1.16 bits per heavy atom. The summed E-state index contributed by atoms with van der Waals surface area (Å²) in [6.07, 6.45) is 13.1. The molecule has 0 aromatic carbocycles. The number of carbonyl (C=O) groups excluding carboxylic acids is 1. The lowest BCUT2D eigenvalue weighted by Crippen LogP contribution is -2.48. The first kappa shape index (κ1) is 22.3. The molecule has 0 bridgehead atoms. The van der Waals surface area contributed by atoms with Crippen molar-refractivity contribution < 1.29 is 4.79 Å². The van der Waals surface area contributed by atoms with E-state index < -0.39 is 0 Å². The number of anilines is 1. The van der Waals surface area contributed by atoms with E-state index in [2.05, 4.69) is 14.9 Å². The van der Waals surface area contributed by atoms with Gasteiger partial charge in [-0.25, -0.2) is 0 Å². The molecule has 4 rings (SSSR count). The molecule has 2 aromatic heterocycles. The van der Waals surface area contributed by atoms with Crippen LogP contribution in [0.15, 0.2) is 53.7 Å². The largest absolute Gasteiger partial charge is 0.364 e. The summed E-state index contributed by atoms with van der Waals surface area (Å²) in [6.45, 7) is 3.11. The molecule has 3 heterocycles. The highest BCUT2D eigenvalue weighted by Crippen LogP contribution is 2.34. The van der Waals surface area contributed by atoms with E-state index in [1.807, 2.05) is 48.2 Å². The smallest absolute Gasteiger partial charge is 0.271 e. The van der Waals surface area contributed by atoms with E-state index in [-0.39, 0.29) is 17.5 Å². The number of carbonyl (C=O) groups is 1. The molecule has 170 valence electrons. The van der Waals surface area contributed by atoms with Crippen LogP contribution in [-0.2, 0) is 4.79 Å². The van der Waals surface area contributed by atoms with Crippen LogP contribution in [0.4, 0.5) is 5.69 Å². The summed E-state index contributed by atoms with van der Waals surface area (Å²) in [4.78, 5) is 38.7. The minimum atomic E-state index is -0.0476. The van der Waals surface area contributed by atoms with Gasteiger partial charge in [0.2, 0.25) is 5.91 Å². The van der Waals surface area contributed by atoms with Crippen molar-refractivity contribution in [3.05, 3.63) is 59.3 Å². The number of hydrogen-bond acceptors (Lipinski definition) is 5. The number of piperidine rings is 1. The third kappa shape index (κ3) is 5.65. The first-order valence-corrected chi connectivity index (χ1v) is 11.5. The zero-order chi connectivity index (χ0) is 22.5. The van der Waals surface area contributed by atoms with Gasteiger partial charge in [-0.1, -0.05) is 6.08 Å². The van der Waals surface area contributed by atoms with Crippen LogP contribution in [0.25, 0.3) is 11.1 Å². The van der Waals surface area contributed by atoms with Crippen LogP contribution >= 0.6 is 0 Å². The Morgan fingerprint density at radius 2 is 1.88 bits per heavy atom. The van der Waals surface area contributed by atoms with E-state index in [0.717, 1.165) is 55.8 Å². The van der Waals surface area contributed by atoms with Crippen molar-refractivity contribution >= 4 is 11.6 Å². The van der Waals surface area contributed by atoms with Crippen molar-refractivity contribution in [3.8, 4) is 11.1 Å². The lowest BCUT2D eigenvalue weighted by Gasteiger charge is -2.39. The highest BCUT2D eigenvalue weighted by Gasteiger charge is 2.32. The van der Waals surface area contributed by atoms with E-state index in [9.17, 15) is 9.59 Å². The zero-order valence-electron chi connectivity index (χ0n) is 19.0. The van der Waals surface area contributed by atoms with Crippen LogP contribution in [0.2, 0.25) is 0 Å². The van der Waals surface area contributed by atoms with Crippen LogP contribution < -0.4 is 10.5 Å². The molecule has 0 unspecified atom stereocenters. The van der Waals surface area contributed by atoms with Gasteiger partial charge in [0, 0.05) is 62.5 Å². The number of aromatic amines is 1. The number of aromatic nitrogens is 2. The SMILES string of the molecule is CN(C)CC=CC(=O)N1CCC(N(CC2CC2)c2cc(-c3ccncc3)c[nH]c2=O)CC1. The molecular weight excluding hydrogens is 402 g/mol. The van der Waals surface area contributed by atoms with Crippen molar-refractivity contribution in [1.29, 1.82) is 0 Å². The minimum absolute atomic E-state index is 0.0476. The van der Waals surface area contributed by atoms with Gasteiger partial charge in [-0.15, -0.1) is 0 Å². The minimum Gasteiger partial charge on any atom is -0.364 e. The van der Waals surface area contributed by atoms with E-state index in [0.29, 0.717) is 5.92 Å². The Balaban J connectivity index is 1.49. The van der Waals surface area contributed by atoms with Crippen LogP contribution in [0.3, 0.4) is 0 Å². The molecule has 1 saturated carbocycles. The third-order valence-corrected chi connectivity index (χ3v) is 6.31. The average Bonchev–Trinajstić information content (AvgIpc) is 3.63. The van der Waals surface area contributed by atoms with Gasteiger partial charge >= 0.3 is 0 Å². The first-order chi connectivity index (χ1) is 15.5. The van der Waals surface area contributed by atoms with E-state index in [1.165, 1.54) is 12.8 Å². The molecule has 0 radical (unpaired) electrons. The number of hydrogen-bond donors (Lipinski definition) is 1. The number of nitrogens with one attached hydrogen (secondary N) is 1. The molecule has 0 spiro atoms. The predicted octanol–water partition coefficient (Wildman–Crippen LogP) is 2.76. The van der Waals surface area contributed by atoms with Crippen molar-refractivity contribution in [3.63, 3.8) is 0 Å². The fraction of sp³-hybridized carbons (Fsp3) is 0.480. The Labute approximate surface area is 189 Å². The number of amides is 1. The number of likely N-dealkylation sites (N-methyl/N-ethyl adjacent to an activating group) is 1. The Morgan fingerprint density at radius 3 is 2.53 bits per heavy atom. The number of likely N-dealkylation sites (tertiary alicyclic amines) is 1. The number of pyridine rings is 2. The number of H-pyrrole nitrogens is 1. The molecule has 1 aliphatic carbocycles. The topological polar surface area (TPSA) is 72.5 Å². The van der Waals surface area contributed by atoms with Gasteiger partial charge in [-0.05, 0) is 69.5 Å². The third-order valence-electron chi connectivity index (χ3n) is 6.31. The molecule has 1 saturated heterocycles. The summed E-state index contributed by atoms with van der Waals surface area (Å²) in [6, 6.07) is 6.18. The maximum Gasteiger partial charge on any atom is 0.271 e. The lowest BCUT2D eigenvalue weighted by atomic mass is 10.0. The molecule has 2 fully saturated rings. The predicted molar refractivity (Wildman–Crippen MR) is 128 cm³/mol. The summed E-state index contributed by atoms with van der Waals surface area (Å²) in [5.74, 6) is 0.740. The lowest BCUT2D eigenvalue weighted by molar-refractivity contribution is -0.127. The second kappa shape index (κ2) is 10.1. The molecule has 32 heavy (non-hydrogen) atoms. The zero-order valence-corrected chi connectivity index (χ0v) is 19.0. The first-order valence-electron chi connectivity index (χ1n) is 11.5. The summed E-state index contributed by atoms with van der Waals surface area (Å²) in [5, 5.41) is 0. The average molecular weight is 436 g/mol. The fourth-order valence-electron chi connectivity index (χ4n) is 4.29. The van der Waals surface area contributed by atoms with Crippen LogP contribution in [0.1, 0.15) is 25.7 Å². The highest BCUT2D eigenvalue weighted by atomic mass is 16.2. The Hall–Kier alpha value is -2.93. The normalized spacial score (nSPS) is 17.3. The molecular formula is C25H33N5O2. The van der Waals surface area contributed by atoms with Gasteiger partial charge in [-0.2, -0.15) is 0 Å². The van der Waals surface area contributed by atoms with Gasteiger partial charge in [0.1, 0.15) is 5.69 Å². The number of nitrogens with zero attached hydrogens (tertiary/aromatic N) is 4. The van der Waals surface area contributed by atoms with Crippen LogP contribution in [0.5, 0.6) is 0 Å². The van der Waals surface area contributed by atoms with E-state index in [1.54, 1.807) is 24.7 Å². The van der Waals surface area contributed by atoms with Gasteiger partial charge in [-0.3, -0.25) is 14.6 Å². The standard InChI is InChI=1S/C25H33N5O2/c1-28(2)13-3-4-24(31)29-14-9-22(10-15-29)30(18-19-5-6-19)23-16-21(17-27-25(23)32)20-7-11-26-12-8-20/h3-4,7-8,11-12,16-17,19,22H,5-6,9-10,13-15,18H2,1-2H3,(H,27,32). The van der Waals surface area contributed by atoms with Gasteiger partial charge in [0.25, 0.3) is 5.56 Å².